The number of para-hydroxylation sites is 1. The number of anilines is 1. The molecule has 1 unspecified atom stereocenters. The number of pyridine rings is 1. The van der Waals surface area contributed by atoms with E-state index in [1.807, 2.05) is 0 Å². The van der Waals surface area contributed by atoms with Crippen LogP contribution in [0.5, 0.6) is 0 Å². The summed E-state index contributed by atoms with van der Waals surface area (Å²) in [6.07, 6.45) is 2.57. The molecule has 1 aliphatic rings. The quantitative estimate of drug-likeness (QED) is 0.909. The molecule has 1 fully saturated rings. The van der Waals surface area contributed by atoms with E-state index in [-0.39, 0.29) is 0 Å². The lowest BCUT2D eigenvalue weighted by Crippen LogP contribution is -2.24. The lowest BCUT2D eigenvalue weighted by Gasteiger charge is -2.22. The molecule has 3 rings (SSSR count). The van der Waals surface area contributed by atoms with E-state index in [9.17, 15) is 0 Å². The second-order valence-electron chi connectivity index (χ2n) is 5.95. The number of aromatic nitrogens is 1. The van der Waals surface area contributed by atoms with Gasteiger partial charge in [0.1, 0.15) is 5.82 Å². The van der Waals surface area contributed by atoms with Crippen molar-refractivity contribution >= 4 is 16.7 Å². The molecule has 1 aromatic heterocycles. The van der Waals surface area contributed by atoms with E-state index in [1.165, 1.54) is 29.6 Å². The molecule has 0 spiro atoms. The molecule has 1 N–H and O–H groups in total. The first-order valence-electron chi connectivity index (χ1n) is 8.16. The maximum atomic E-state index is 4.96. The third kappa shape index (κ3) is 3.03. The molecule has 1 aliphatic heterocycles. The number of nitrogens with zero attached hydrogens (tertiary/aromatic N) is 2. The van der Waals surface area contributed by atoms with Gasteiger partial charge >= 0.3 is 0 Å². The average molecular weight is 283 g/mol. The van der Waals surface area contributed by atoms with E-state index in [0.29, 0.717) is 0 Å². The van der Waals surface area contributed by atoms with Gasteiger partial charge in [0, 0.05) is 30.6 Å². The van der Waals surface area contributed by atoms with Crippen molar-refractivity contribution in [3.05, 3.63) is 35.9 Å². The minimum absolute atomic E-state index is 0.824. The molecule has 2 heterocycles. The zero-order valence-corrected chi connectivity index (χ0v) is 13.1. The summed E-state index contributed by atoms with van der Waals surface area (Å²) in [5.74, 6) is 2.01. The van der Waals surface area contributed by atoms with Crippen molar-refractivity contribution < 1.29 is 0 Å². The molecule has 1 saturated heterocycles. The van der Waals surface area contributed by atoms with E-state index in [2.05, 4.69) is 54.4 Å². The third-order valence-electron chi connectivity index (χ3n) is 4.51. The highest BCUT2D eigenvalue weighted by Crippen LogP contribution is 2.29. The van der Waals surface area contributed by atoms with Gasteiger partial charge in [-0.3, -0.25) is 0 Å². The van der Waals surface area contributed by atoms with Crippen LogP contribution >= 0.6 is 0 Å². The number of nitrogens with one attached hydrogen (secondary N) is 1. The van der Waals surface area contributed by atoms with E-state index in [4.69, 9.17) is 4.98 Å². The molecule has 21 heavy (non-hydrogen) atoms. The molecule has 112 valence electrons. The third-order valence-corrected chi connectivity index (χ3v) is 4.51. The normalized spacial score (nSPS) is 18.6. The van der Waals surface area contributed by atoms with Crippen molar-refractivity contribution in [3.63, 3.8) is 0 Å². The van der Waals surface area contributed by atoms with Gasteiger partial charge in [-0.25, -0.2) is 4.98 Å². The first-order chi connectivity index (χ1) is 10.3. The molecule has 1 aromatic carbocycles. The molecule has 1 atom stereocenters. The highest BCUT2D eigenvalue weighted by Gasteiger charge is 2.24. The Labute approximate surface area is 127 Å². The monoisotopic (exact) mass is 283 g/mol. The molecule has 0 saturated carbocycles. The molecule has 0 radical (unpaired) electrons. The molecule has 0 aliphatic carbocycles. The van der Waals surface area contributed by atoms with Crippen LogP contribution in [-0.4, -0.2) is 24.6 Å². The lowest BCUT2D eigenvalue weighted by molar-refractivity contribution is 0.568. The molecule has 0 bridgehead atoms. The van der Waals surface area contributed by atoms with Crippen LogP contribution in [0.25, 0.3) is 10.9 Å². The van der Waals surface area contributed by atoms with Crippen LogP contribution in [0.3, 0.4) is 0 Å². The molecule has 3 heteroatoms. The Morgan fingerprint density at radius 3 is 2.90 bits per heavy atom. The van der Waals surface area contributed by atoms with E-state index in [1.54, 1.807) is 0 Å². The first kappa shape index (κ1) is 14.3. The molecular formula is C18H25N3. The largest absolute Gasteiger partial charge is 0.356 e. The Morgan fingerprint density at radius 2 is 2.14 bits per heavy atom. The van der Waals surface area contributed by atoms with Crippen LogP contribution in [0.1, 0.15) is 32.3 Å². The predicted octanol–water partition coefficient (Wildman–Crippen LogP) is 3.58. The maximum Gasteiger partial charge on any atom is 0.133 e. The summed E-state index contributed by atoms with van der Waals surface area (Å²) < 4.78 is 0. The van der Waals surface area contributed by atoms with Gasteiger partial charge in [0.05, 0.1) is 5.52 Å². The minimum atomic E-state index is 0.824. The standard InChI is InChI=1S/C18H25N3/c1-3-14-9-10-21(13-14)18-16(12-19-4-2)11-15-7-5-6-8-17(15)20-18/h5-8,11,14,19H,3-4,9-10,12-13H2,1-2H3. The zero-order valence-electron chi connectivity index (χ0n) is 13.1. The molecule has 3 nitrogen and oxygen atoms in total. The van der Waals surface area contributed by atoms with Crippen molar-refractivity contribution in [2.75, 3.05) is 24.5 Å². The summed E-state index contributed by atoms with van der Waals surface area (Å²) >= 11 is 0. The summed E-state index contributed by atoms with van der Waals surface area (Å²) in [4.78, 5) is 7.44. The van der Waals surface area contributed by atoms with Gasteiger partial charge in [0.2, 0.25) is 0 Å². The van der Waals surface area contributed by atoms with Crippen LogP contribution in [0, 0.1) is 5.92 Å². The van der Waals surface area contributed by atoms with Gasteiger partial charge in [0.15, 0.2) is 0 Å². The van der Waals surface area contributed by atoms with Crippen LogP contribution in [0.4, 0.5) is 5.82 Å². The lowest BCUT2D eigenvalue weighted by atomic mass is 10.1. The van der Waals surface area contributed by atoms with Gasteiger partial charge in [-0.05, 0) is 31.0 Å². The minimum Gasteiger partial charge on any atom is -0.356 e. The SMILES string of the molecule is CCNCc1cc2ccccc2nc1N1CCC(CC)C1. The van der Waals surface area contributed by atoms with Gasteiger partial charge in [-0.15, -0.1) is 0 Å². The first-order valence-corrected chi connectivity index (χ1v) is 8.16. The summed E-state index contributed by atoms with van der Waals surface area (Å²) in [7, 11) is 0. The van der Waals surface area contributed by atoms with Gasteiger partial charge in [0.25, 0.3) is 0 Å². The molecule has 2 aromatic rings. The fourth-order valence-corrected chi connectivity index (χ4v) is 3.17. The van der Waals surface area contributed by atoms with Crippen molar-refractivity contribution in [2.24, 2.45) is 5.92 Å². The van der Waals surface area contributed by atoms with Crippen molar-refractivity contribution in [1.82, 2.24) is 10.3 Å². The summed E-state index contributed by atoms with van der Waals surface area (Å²) in [5, 5.41) is 4.69. The molecular weight excluding hydrogens is 258 g/mol. The van der Waals surface area contributed by atoms with Crippen LogP contribution in [-0.2, 0) is 6.54 Å². The summed E-state index contributed by atoms with van der Waals surface area (Å²) in [6, 6.07) is 10.7. The van der Waals surface area contributed by atoms with Crippen molar-refractivity contribution in [3.8, 4) is 0 Å². The second kappa shape index (κ2) is 6.44. The number of benzene rings is 1. The number of hydrogen-bond donors (Lipinski definition) is 1. The maximum absolute atomic E-state index is 4.96. The Kier molecular flexibility index (Phi) is 4.39. The predicted molar refractivity (Wildman–Crippen MR) is 89.7 cm³/mol. The Balaban J connectivity index is 1.97. The highest BCUT2D eigenvalue weighted by atomic mass is 15.2. The van der Waals surface area contributed by atoms with Crippen LogP contribution < -0.4 is 10.2 Å². The number of fused-ring (bicyclic) bond motifs is 1. The Morgan fingerprint density at radius 1 is 1.29 bits per heavy atom. The fraction of sp³-hybridized carbons (Fsp3) is 0.500. The summed E-state index contributed by atoms with van der Waals surface area (Å²) in [6.45, 7) is 8.63. The van der Waals surface area contributed by atoms with Gasteiger partial charge in [-0.2, -0.15) is 0 Å². The van der Waals surface area contributed by atoms with E-state index < -0.39 is 0 Å². The van der Waals surface area contributed by atoms with E-state index in [0.717, 1.165) is 37.6 Å². The number of rotatable bonds is 5. The van der Waals surface area contributed by atoms with Gasteiger partial charge < -0.3 is 10.2 Å². The van der Waals surface area contributed by atoms with Crippen molar-refractivity contribution in [2.45, 2.75) is 33.2 Å². The van der Waals surface area contributed by atoms with E-state index >= 15 is 0 Å². The smallest absolute Gasteiger partial charge is 0.133 e. The Bertz CT molecular complexity index is 608. The second-order valence-corrected chi connectivity index (χ2v) is 5.95. The van der Waals surface area contributed by atoms with Crippen LogP contribution in [0.2, 0.25) is 0 Å². The molecule has 0 amide bonds. The zero-order chi connectivity index (χ0) is 14.7. The topological polar surface area (TPSA) is 28.2 Å². The number of hydrogen-bond acceptors (Lipinski definition) is 3. The highest BCUT2D eigenvalue weighted by molar-refractivity contribution is 5.81. The average Bonchev–Trinajstić information content (AvgIpc) is 3.01. The van der Waals surface area contributed by atoms with Crippen molar-refractivity contribution in [1.29, 1.82) is 0 Å². The van der Waals surface area contributed by atoms with Gasteiger partial charge in [-0.1, -0.05) is 38.5 Å². The Hall–Kier alpha value is -1.61. The summed E-state index contributed by atoms with van der Waals surface area (Å²) in [5.41, 5.74) is 2.43. The van der Waals surface area contributed by atoms with Crippen LogP contribution in [0.15, 0.2) is 30.3 Å². The fourth-order valence-electron chi connectivity index (χ4n) is 3.17.